The van der Waals surface area contributed by atoms with Crippen LogP contribution >= 0.6 is 15.9 Å². The van der Waals surface area contributed by atoms with Crippen molar-refractivity contribution in [3.05, 3.63) is 22.7 Å². The van der Waals surface area contributed by atoms with E-state index in [0.29, 0.717) is 10.2 Å². The number of halogens is 1. The van der Waals surface area contributed by atoms with Gasteiger partial charge < -0.3 is 5.73 Å². The lowest BCUT2D eigenvalue weighted by Crippen LogP contribution is -2.36. The first-order chi connectivity index (χ1) is 8.49. The van der Waals surface area contributed by atoms with E-state index in [2.05, 4.69) is 20.7 Å². The highest BCUT2D eigenvalue weighted by atomic mass is 79.9. The van der Waals surface area contributed by atoms with Gasteiger partial charge in [-0.05, 0) is 47.0 Å². The summed E-state index contributed by atoms with van der Waals surface area (Å²) in [4.78, 5) is 0.252. The maximum atomic E-state index is 12.3. The van der Waals surface area contributed by atoms with E-state index in [-0.39, 0.29) is 10.9 Å². The van der Waals surface area contributed by atoms with Crippen molar-refractivity contribution in [1.29, 1.82) is 0 Å². The van der Waals surface area contributed by atoms with E-state index < -0.39 is 10.0 Å². The van der Waals surface area contributed by atoms with Crippen LogP contribution in [0.4, 0.5) is 5.69 Å². The quantitative estimate of drug-likeness (QED) is 0.836. The fourth-order valence-corrected chi connectivity index (χ4v) is 4.64. The van der Waals surface area contributed by atoms with Crippen LogP contribution in [-0.4, -0.2) is 14.5 Å². The Labute approximate surface area is 116 Å². The van der Waals surface area contributed by atoms with Crippen molar-refractivity contribution >= 4 is 31.6 Å². The molecule has 0 bridgehead atoms. The molecule has 1 saturated carbocycles. The van der Waals surface area contributed by atoms with Crippen LogP contribution in [0.15, 0.2) is 27.6 Å². The second kappa shape index (κ2) is 5.59. The number of sulfonamides is 1. The molecule has 2 rings (SSSR count). The predicted octanol–water partition coefficient (Wildman–Crippen LogP) is 2.64. The molecule has 4 nitrogen and oxygen atoms in total. The molecule has 1 fully saturated rings. The number of nitrogens with two attached hydrogens (primary N) is 1. The number of hydrogen-bond donors (Lipinski definition) is 2. The lowest BCUT2D eigenvalue weighted by Gasteiger charge is -2.22. The van der Waals surface area contributed by atoms with E-state index in [1.807, 2.05) is 0 Å². The second-order valence-electron chi connectivity index (χ2n) is 4.65. The van der Waals surface area contributed by atoms with Crippen LogP contribution in [-0.2, 0) is 10.0 Å². The fourth-order valence-electron chi connectivity index (χ4n) is 2.24. The highest BCUT2D eigenvalue weighted by Crippen LogP contribution is 2.26. The monoisotopic (exact) mass is 332 g/mol. The summed E-state index contributed by atoms with van der Waals surface area (Å²) in [5, 5.41) is 0. The van der Waals surface area contributed by atoms with E-state index in [4.69, 9.17) is 5.73 Å². The van der Waals surface area contributed by atoms with Crippen molar-refractivity contribution in [3.63, 3.8) is 0 Å². The van der Waals surface area contributed by atoms with Gasteiger partial charge in [0.1, 0.15) is 0 Å². The Balaban J connectivity index is 2.19. The van der Waals surface area contributed by atoms with Gasteiger partial charge in [0.05, 0.1) is 4.90 Å². The molecular weight excluding hydrogens is 316 g/mol. The highest BCUT2D eigenvalue weighted by Gasteiger charge is 2.23. The van der Waals surface area contributed by atoms with Crippen molar-refractivity contribution in [2.75, 3.05) is 5.73 Å². The molecular formula is C12H17BrN2O2S. The highest BCUT2D eigenvalue weighted by molar-refractivity contribution is 9.10. The van der Waals surface area contributed by atoms with Crippen LogP contribution in [0, 0.1) is 0 Å². The van der Waals surface area contributed by atoms with Crippen LogP contribution in [0.1, 0.15) is 32.1 Å². The smallest absolute Gasteiger partial charge is 0.241 e. The Hall–Kier alpha value is -0.590. The molecule has 0 aliphatic heterocycles. The molecule has 100 valence electrons. The average molecular weight is 333 g/mol. The first-order valence-electron chi connectivity index (χ1n) is 6.06. The summed E-state index contributed by atoms with van der Waals surface area (Å²) in [6, 6.07) is 4.80. The van der Waals surface area contributed by atoms with Gasteiger partial charge in [0.15, 0.2) is 0 Å². The molecule has 0 atom stereocenters. The molecule has 6 heteroatoms. The molecule has 1 aliphatic carbocycles. The van der Waals surface area contributed by atoms with E-state index in [1.165, 1.54) is 12.5 Å². The van der Waals surface area contributed by atoms with Crippen molar-refractivity contribution in [3.8, 4) is 0 Å². The third kappa shape index (κ3) is 3.24. The Morgan fingerprint density at radius 1 is 1.22 bits per heavy atom. The number of nitrogen functional groups attached to an aromatic ring is 1. The Morgan fingerprint density at radius 3 is 2.50 bits per heavy atom. The Morgan fingerprint density at radius 2 is 1.89 bits per heavy atom. The zero-order valence-corrected chi connectivity index (χ0v) is 12.4. The summed E-state index contributed by atoms with van der Waals surface area (Å²) in [6.45, 7) is 0. The average Bonchev–Trinajstić information content (AvgIpc) is 2.29. The van der Waals surface area contributed by atoms with Crippen molar-refractivity contribution in [2.24, 2.45) is 0 Å². The predicted molar refractivity (Wildman–Crippen MR) is 75.7 cm³/mol. The molecule has 0 radical (unpaired) electrons. The lowest BCUT2D eigenvalue weighted by atomic mass is 9.96. The van der Waals surface area contributed by atoms with Gasteiger partial charge in [-0.15, -0.1) is 0 Å². The second-order valence-corrected chi connectivity index (χ2v) is 7.18. The molecule has 0 aromatic heterocycles. The number of rotatable bonds is 3. The molecule has 3 N–H and O–H groups in total. The zero-order chi connectivity index (χ0) is 13.2. The summed E-state index contributed by atoms with van der Waals surface area (Å²) >= 11 is 3.25. The minimum Gasteiger partial charge on any atom is -0.399 e. The molecule has 1 aromatic carbocycles. The van der Waals surface area contributed by atoms with E-state index in [9.17, 15) is 8.42 Å². The summed E-state index contributed by atoms with van der Waals surface area (Å²) in [7, 11) is -3.46. The fraction of sp³-hybridized carbons (Fsp3) is 0.500. The number of nitrogens with one attached hydrogen (secondary N) is 1. The minimum atomic E-state index is -3.46. The SMILES string of the molecule is Nc1ccc(S(=O)(=O)NC2CCCCC2)c(Br)c1. The lowest BCUT2D eigenvalue weighted by molar-refractivity contribution is 0.412. The van der Waals surface area contributed by atoms with Gasteiger partial charge in [-0.25, -0.2) is 13.1 Å². The third-order valence-electron chi connectivity index (χ3n) is 3.17. The topological polar surface area (TPSA) is 72.2 Å². The first kappa shape index (κ1) is 13.8. The number of hydrogen-bond acceptors (Lipinski definition) is 3. The normalized spacial score (nSPS) is 17.8. The van der Waals surface area contributed by atoms with Gasteiger partial charge in [-0.1, -0.05) is 19.3 Å². The van der Waals surface area contributed by atoms with E-state index >= 15 is 0 Å². The zero-order valence-electron chi connectivity index (χ0n) is 10.0. The number of benzene rings is 1. The standard InChI is InChI=1S/C12H17BrN2O2S/c13-11-8-9(14)6-7-12(11)18(16,17)15-10-4-2-1-3-5-10/h6-8,10,15H,1-5,14H2. The van der Waals surface area contributed by atoms with Crippen LogP contribution in [0.5, 0.6) is 0 Å². The Bertz CT molecular complexity index is 525. The molecule has 0 amide bonds. The van der Waals surface area contributed by atoms with Crippen LogP contribution in [0.3, 0.4) is 0 Å². The maximum absolute atomic E-state index is 12.3. The van der Waals surface area contributed by atoms with Crippen molar-refractivity contribution in [2.45, 2.75) is 43.0 Å². The summed E-state index contributed by atoms with van der Waals surface area (Å²) in [5.41, 5.74) is 6.15. The van der Waals surface area contributed by atoms with Crippen LogP contribution in [0.2, 0.25) is 0 Å². The first-order valence-corrected chi connectivity index (χ1v) is 8.34. The van der Waals surface area contributed by atoms with Crippen LogP contribution in [0.25, 0.3) is 0 Å². The Kier molecular flexibility index (Phi) is 4.29. The summed E-state index contributed by atoms with van der Waals surface area (Å²) < 4.78 is 27.8. The van der Waals surface area contributed by atoms with Crippen molar-refractivity contribution in [1.82, 2.24) is 4.72 Å². The summed E-state index contributed by atoms with van der Waals surface area (Å²) in [6.07, 6.45) is 5.23. The summed E-state index contributed by atoms with van der Waals surface area (Å²) in [5.74, 6) is 0. The van der Waals surface area contributed by atoms with Gasteiger partial charge in [0.25, 0.3) is 0 Å². The molecule has 0 unspecified atom stereocenters. The molecule has 0 spiro atoms. The molecule has 0 heterocycles. The minimum absolute atomic E-state index is 0.0632. The maximum Gasteiger partial charge on any atom is 0.241 e. The largest absolute Gasteiger partial charge is 0.399 e. The van der Waals surface area contributed by atoms with Gasteiger partial charge in [-0.2, -0.15) is 0 Å². The molecule has 18 heavy (non-hydrogen) atoms. The van der Waals surface area contributed by atoms with Gasteiger partial charge in [-0.3, -0.25) is 0 Å². The van der Waals surface area contributed by atoms with Gasteiger partial charge >= 0.3 is 0 Å². The molecule has 1 aliphatic rings. The third-order valence-corrected chi connectivity index (χ3v) is 5.67. The van der Waals surface area contributed by atoms with Crippen molar-refractivity contribution < 1.29 is 8.42 Å². The van der Waals surface area contributed by atoms with E-state index in [1.54, 1.807) is 12.1 Å². The van der Waals surface area contributed by atoms with Crippen LogP contribution < -0.4 is 10.5 Å². The van der Waals surface area contributed by atoms with E-state index in [0.717, 1.165) is 25.7 Å². The van der Waals surface area contributed by atoms with Gasteiger partial charge in [0, 0.05) is 16.2 Å². The number of anilines is 1. The van der Waals surface area contributed by atoms with Gasteiger partial charge in [0.2, 0.25) is 10.0 Å². The molecule has 0 saturated heterocycles. The molecule has 1 aromatic rings.